The highest BCUT2D eigenvalue weighted by atomic mass is 32.1. The lowest BCUT2D eigenvalue weighted by Gasteiger charge is -2.10. The van der Waals surface area contributed by atoms with E-state index in [0.717, 1.165) is 18.7 Å². The van der Waals surface area contributed by atoms with Crippen LogP contribution < -0.4 is 4.74 Å². The summed E-state index contributed by atoms with van der Waals surface area (Å²) in [4.78, 5) is 3.48. The fourth-order valence-corrected chi connectivity index (χ4v) is 2.56. The fraction of sp³-hybridized carbons (Fsp3) is 0.375. The molecule has 1 aromatic carbocycles. The Morgan fingerprint density at radius 1 is 1.16 bits per heavy atom. The zero-order chi connectivity index (χ0) is 13.5. The summed E-state index contributed by atoms with van der Waals surface area (Å²) in [5.74, 6) is 0.968. The van der Waals surface area contributed by atoms with Crippen LogP contribution >= 0.6 is 11.3 Å². The van der Waals surface area contributed by atoms with Gasteiger partial charge >= 0.3 is 0 Å². The van der Waals surface area contributed by atoms with Gasteiger partial charge in [0.25, 0.3) is 0 Å². The van der Waals surface area contributed by atoms with Crippen molar-refractivity contribution >= 4 is 11.3 Å². The molecule has 0 radical (unpaired) electrons. The third kappa shape index (κ3) is 5.05. The van der Waals surface area contributed by atoms with Crippen LogP contribution in [0.2, 0.25) is 0 Å². The molecule has 1 heterocycles. The van der Waals surface area contributed by atoms with Gasteiger partial charge < -0.3 is 9.64 Å². The van der Waals surface area contributed by atoms with Crippen LogP contribution in [0.4, 0.5) is 0 Å². The summed E-state index contributed by atoms with van der Waals surface area (Å²) in [6, 6.07) is 12.6. The summed E-state index contributed by atoms with van der Waals surface area (Å²) in [6.45, 7) is 1.79. The van der Waals surface area contributed by atoms with Crippen molar-refractivity contribution < 1.29 is 4.74 Å². The Balaban J connectivity index is 1.84. The quantitative estimate of drug-likeness (QED) is 0.761. The van der Waals surface area contributed by atoms with Crippen molar-refractivity contribution in [3.8, 4) is 5.75 Å². The Hall–Kier alpha value is -1.32. The van der Waals surface area contributed by atoms with Crippen LogP contribution in [-0.4, -0.2) is 25.5 Å². The molecule has 0 unspecified atom stereocenters. The average Bonchev–Trinajstić information content (AvgIpc) is 2.89. The maximum absolute atomic E-state index is 5.82. The molecule has 1 aromatic heterocycles. The van der Waals surface area contributed by atoms with E-state index in [4.69, 9.17) is 4.74 Å². The largest absolute Gasteiger partial charge is 0.488 e. The number of hydrogen-bond donors (Lipinski definition) is 0. The van der Waals surface area contributed by atoms with Crippen molar-refractivity contribution in [1.29, 1.82) is 0 Å². The van der Waals surface area contributed by atoms with E-state index in [9.17, 15) is 0 Å². The number of hydrogen-bond acceptors (Lipinski definition) is 3. The summed E-state index contributed by atoms with van der Waals surface area (Å²) in [5, 5.41) is 2.08. The fourth-order valence-electron chi connectivity index (χ4n) is 1.94. The third-order valence-corrected chi connectivity index (χ3v) is 3.78. The molecule has 0 fully saturated rings. The smallest absolute Gasteiger partial charge is 0.122 e. The highest BCUT2D eigenvalue weighted by Crippen LogP contribution is 2.18. The Labute approximate surface area is 119 Å². The average molecular weight is 275 g/mol. The van der Waals surface area contributed by atoms with Crippen molar-refractivity contribution in [2.45, 2.75) is 19.4 Å². The summed E-state index contributed by atoms with van der Waals surface area (Å²) in [7, 11) is 4.22. The molecule has 2 rings (SSSR count). The van der Waals surface area contributed by atoms with Crippen LogP contribution in [0.25, 0.3) is 0 Å². The van der Waals surface area contributed by atoms with E-state index in [0.29, 0.717) is 6.61 Å². The molecule has 3 heteroatoms. The number of ether oxygens (including phenoxy) is 1. The van der Waals surface area contributed by atoms with Crippen molar-refractivity contribution in [1.82, 2.24) is 4.90 Å². The van der Waals surface area contributed by atoms with E-state index >= 15 is 0 Å². The Morgan fingerprint density at radius 3 is 2.79 bits per heavy atom. The molecular weight excluding hydrogens is 254 g/mol. The van der Waals surface area contributed by atoms with Gasteiger partial charge in [-0.3, -0.25) is 0 Å². The highest BCUT2D eigenvalue weighted by molar-refractivity contribution is 7.09. The van der Waals surface area contributed by atoms with Gasteiger partial charge in [-0.15, -0.1) is 11.3 Å². The van der Waals surface area contributed by atoms with Gasteiger partial charge in [0.15, 0.2) is 0 Å². The second-order valence-corrected chi connectivity index (χ2v) is 5.95. The number of rotatable bonds is 7. The number of thiophene rings is 1. The lowest BCUT2D eigenvalue weighted by Crippen LogP contribution is -2.13. The molecule has 0 saturated heterocycles. The minimum atomic E-state index is 0.665. The molecule has 0 N–H and O–H groups in total. The molecule has 0 bridgehead atoms. The summed E-state index contributed by atoms with van der Waals surface area (Å²) in [5.41, 5.74) is 1.35. The molecule has 0 aliphatic carbocycles. The Morgan fingerprint density at radius 2 is 2.05 bits per heavy atom. The predicted octanol–water partition coefficient (Wildman–Crippen LogP) is 3.82. The van der Waals surface area contributed by atoms with E-state index in [2.05, 4.69) is 54.7 Å². The molecule has 0 aliphatic heterocycles. The first-order chi connectivity index (χ1) is 9.24. The summed E-state index contributed by atoms with van der Waals surface area (Å²) >= 11 is 1.73. The van der Waals surface area contributed by atoms with Crippen LogP contribution in [0.1, 0.15) is 16.9 Å². The maximum atomic E-state index is 5.82. The maximum Gasteiger partial charge on any atom is 0.122 e. The van der Waals surface area contributed by atoms with Crippen LogP contribution in [0.15, 0.2) is 41.8 Å². The standard InChI is InChI=1S/C16H21NOS/c1-17(2)10-4-7-14-6-3-8-15(12-14)18-13-16-9-5-11-19-16/h3,5-6,8-9,11-12H,4,7,10,13H2,1-2H3. The number of nitrogens with zero attached hydrogens (tertiary/aromatic N) is 1. The highest BCUT2D eigenvalue weighted by Gasteiger charge is 2.00. The number of benzene rings is 1. The Kier molecular flexibility index (Phi) is 5.43. The monoisotopic (exact) mass is 275 g/mol. The van der Waals surface area contributed by atoms with Crippen molar-refractivity contribution in [3.05, 3.63) is 52.2 Å². The van der Waals surface area contributed by atoms with Gasteiger partial charge in [0.05, 0.1) is 0 Å². The first-order valence-corrected chi connectivity index (χ1v) is 7.51. The van der Waals surface area contributed by atoms with Crippen LogP contribution in [0, 0.1) is 0 Å². The summed E-state index contributed by atoms with van der Waals surface area (Å²) in [6.07, 6.45) is 2.29. The molecule has 0 spiro atoms. The second kappa shape index (κ2) is 7.31. The van der Waals surface area contributed by atoms with E-state index in [1.54, 1.807) is 11.3 Å². The molecule has 2 nitrogen and oxygen atoms in total. The first kappa shape index (κ1) is 14.1. The van der Waals surface area contributed by atoms with Crippen LogP contribution in [-0.2, 0) is 13.0 Å². The predicted molar refractivity (Wildman–Crippen MR) is 82.0 cm³/mol. The van der Waals surface area contributed by atoms with Gasteiger partial charge in [-0.1, -0.05) is 18.2 Å². The zero-order valence-corrected chi connectivity index (χ0v) is 12.5. The molecule has 0 atom stereocenters. The van der Waals surface area contributed by atoms with Crippen LogP contribution in [0.3, 0.4) is 0 Å². The van der Waals surface area contributed by atoms with Gasteiger partial charge in [-0.2, -0.15) is 0 Å². The van der Waals surface area contributed by atoms with Gasteiger partial charge in [0, 0.05) is 4.88 Å². The molecular formula is C16H21NOS. The van der Waals surface area contributed by atoms with E-state index in [1.165, 1.54) is 16.9 Å². The van der Waals surface area contributed by atoms with Crippen molar-refractivity contribution in [2.24, 2.45) is 0 Å². The molecule has 2 aromatic rings. The van der Waals surface area contributed by atoms with E-state index in [1.807, 2.05) is 6.07 Å². The van der Waals surface area contributed by atoms with Gasteiger partial charge in [0.1, 0.15) is 12.4 Å². The third-order valence-electron chi connectivity index (χ3n) is 2.93. The molecule has 19 heavy (non-hydrogen) atoms. The summed E-state index contributed by atoms with van der Waals surface area (Å²) < 4.78 is 5.82. The first-order valence-electron chi connectivity index (χ1n) is 6.63. The lowest BCUT2D eigenvalue weighted by molar-refractivity contribution is 0.309. The van der Waals surface area contributed by atoms with Gasteiger partial charge in [0.2, 0.25) is 0 Å². The zero-order valence-electron chi connectivity index (χ0n) is 11.6. The molecule has 0 amide bonds. The van der Waals surface area contributed by atoms with Crippen molar-refractivity contribution in [3.63, 3.8) is 0 Å². The SMILES string of the molecule is CN(C)CCCc1cccc(OCc2cccs2)c1. The van der Waals surface area contributed by atoms with E-state index in [-0.39, 0.29) is 0 Å². The van der Waals surface area contributed by atoms with Crippen molar-refractivity contribution in [2.75, 3.05) is 20.6 Å². The van der Waals surface area contributed by atoms with Gasteiger partial charge in [-0.05, 0) is 62.6 Å². The minimum Gasteiger partial charge on any atom is -0.488 e. The Bertz CT molecular complexity index is 479. The number of aryl methyl sites for hydroxylation is 1. The van der Waals surface area contributed by atoms with E-state index < -0.39 is 0 Å². The molecule has 0 aliphatic rings. The van der Waals surface area contributed by atoms with Crippen LogP contribution in [0.5, 0.6) is 5.75 Å². The minimum absolute atomic E-state index is 0.665. The molecule has 102 valence electrons. The topological polar surface area (TPSA) is 12.5 Å². The second-order valence-electron chi connectivity index (χ2n) is 4.92. The lowest BCUT2D eigenvalue weighted by atomic mass is 10.1. The normalized spacial score (nSPS) is 10.9. The van der Waals surface area contributed by atoms with Gasteiger partial charge in [-0.25, -0.2) is 0 Å². The molecule has 0 saturated carbocycles.